The Morgan fingerprint density at radius 1 is 1.03 bits per heavy atom. The molecule has 6 nitrogen and oxygen atoms in total. The van der Waals surface area contributed by atoms with Crippen molar-refractivity contribution in [2.24, 2.45) is 5.10 Å². The first kappa shape index (κ1) is 18.8. The molecule has 0 aliphatic heterocycles. The molecule has 1 amide bonds. The van der Waals surface area contributed by atoms with Crippen molar-refractivity contribution in [2.75, 3.05) is 0 Å². The van der Waals surface area contributed by atoms with Gasteiger partial charge in [0, 0.05) is 5.39 Å². The average molecular weight is 402 g/mol. The molecule has 0 unspecified atom stereocenters. The molecule has 0 saturated carbocycles. The van der Waals surface area contributed by atoms with E-state index in [-0.39, 0.29) is 11.3 Å². The maximum Gasteiger partial charge on any atom is 0.292 e. The van der Waals surface area contributed by atoms with E-state index in [1.54, 1.807) is 47.7 Å². The fourth-order valence-corrected chi connectivity index (χ4v) is 3.81. The molecule has 2 aromatic heterocycles. The van der Waals surface area contributed by atoms with Crippen LogP contribution in [0.5, 0.6) is 0 Å². The highest BCUT2D eigenvalue weighted by Crippen LogP contribution is 2.16. The van der Waals surface area contributed by atoms with Crippen LogP contribution in [0.2, 0.25) is 0 Å². The summed E-state index contributed by atoms with van der Waals surface area (Å²) < 4.78 is 1.25. The lowest BCUT2D eigenvalue weighted by molar-refractivity contribution is 0.0950. The number of carbonyl (C=O) groups excluding carboxylic acids is 1. The Morgan fingerprint density at radius 3 is 2.45 bits per heavy atom. The summed E-state index contributed by atoms with van der Waals surface area (Å²) in [4.78, 5) is 26.9. The summed E-state index contributed by atoms with van der Waals surface area (Å²) in [6.07, 6.45) is 0.679. The molecule has 2 aromatic carbocycles. The minimum Gasteiger partial charge on any atom is -0.267 e. The Morgan fingerprint density at radius 2 is 1.76 bits per heavy atom. The number of thiophene rings is 1. The molecule has 4 aromatic rings. The summed E-state index contributed by atoms with van der Waals surface area (Å²) in [6, 6.07) is 19.9. The van der Waals surface area contributed by atoms with Crippen LogP contribution in [0.4, 0.5) is 0 Å². The van der Waals surface area contributed by atoms with Crippen molar-refractivity contribution >= 4 is 33.7 Å². The summed E-state index contributed by atoms with van der Waals surface area (Å²) in [5.41, 5.74) is 3.85. The second kappa shape index (κ2) is 8.20. The Balaban J connectivity index is 1.79. The number of hydrazone groups is 1. The van der Waals surface area contributed by atoms with Gasteiger partial charge in [0.1, 0.15) is 0 Å². The smallest absolute Gasteiger partial charge is 0.267 e. The van der Waals surface area contributed by atoms with Crippen molar-refractivity contribution in [3.8, 4) is 5.69 Å². The number of para-hydroxylation sites is 1. The van der Waals surface area contributed by atoms with E-state index < -0.39 is 5.91 Å². The maximum absolute atomic E-state index is 13.0. The Bertz CT molecular complexity index is 1250. The van der Waals surface area contributed by atoms with Crippen molar-refractivity contribution in [3.05, 3.63) is 93.0 Å². The zero-order valence-corrected chi connectivity index (χ0v) is 16.5. The molecule has 2 heterocycles. The van der Waals surface area contributed by atoms with Crippen LogP contribution in [0.3, 0.4) is 0 Å². The molecule has 144 valence electrons. The van der Waals surface area contributed by atoms with Gasteiger partial charge >= 0.3 is 0 Å². The monoisotopic (exact) mass is 402 g/mol. The van der Waals surface area contributed by atoms with E-state index in [4.69, 9.17) is 0 Å². The topological polar surface area (TPSA) is 76.3 Å². The molecule has 0 spiro atoms. The number of hydrogen-bond acceptors (Lipinski definition) is 5. The van der Waals surface area contributed by atoms with Gasteiger partial charge in [-0.05, 0) is 36.1 Å². The van der Waals surface area contributed by atoms with Gasteiger partial charge in [-0.1, -0.05) is 49.4 Å². The predicted octanol–water partition coefficient (Wildman–Crippen LogP) is 3.99. The Hall–Kier alpha value is -3.58. The quantitative estimate of drug-likeness (QED) is 0.405. The van der Waals surface area contributed by atoms with Crippen molar-refractivity contribution < 1.29 is 4.79 Å². The van der Waals surface area contributed by atoms with E-state index in [1.165, 1.54) is 4.68 Å². The van der Waals surface area contributed by atoms with E-state index in [1.807, 2.05) is 42.6 Å². The summed E-state index contributed by atoms with van der Waals surface area (Å²) in [5, 5.41) is 11.5. The zero-order chi connectivity index (χ0) is 20.2. The van der Waals surface area contributed by atoms with E-state index in [2.05, 4.69) is 15.6 Å². The number of carbonyl (C=O) groups is 1. The lowest BCUT2D eigenvalue weighted by Crippen LogP contribution is -2.28. The molecule has 29 heavy (non-hydrogen) atoms. The Labute approximate surface area is 171 Å². The summed E-state index contributed by atoms with van der Waals surface area (Å²) in [5.74, 6) is -0.464. The van der Waals surface area contributed by atoms with Crippen LogP contribution < -0.4 is 11.0 Å². The lowest BCUT2D eigenvalue weighted by Gasteiger charge is -2.10. The average Bonchev–Trinajstić information content (AvgIpc) is 3.30. The lowest BCUT2D eigenvalue weighted by atomic mass is 10.1. The van der Waals surface area contributed by atoms with Crippen LogP contribution in [0.15, 0.2) is 82.0 Å². The summed E-state index contributed by atoms with van der Waals surface area (Å²) in [7, 11) is 0. The molecule has 0 bridgehead atoms. The first-order chi connectivity index (χ1) is 14.2. The number of fused-ring (bicyclic) bond motifs is 1. The van der Waals surface area contributed by atoms with Crippen molar-refractivity contribution in [1.29, 1.82) is 0 Å². The number of nitrogens with one attached hydrogen (secondary N) is 1. The number of rotatable bonds is 5. The minimum absolute atomic E-state index is 0.148. The first-order valence-electron chi connectivity index (χ1n) is 9.17. The van der Waals surface area contributed by atoms with E-state index in [0.717, 1.165) is 10.6 Å². The van der Waals surface area contributed by atoms with Gasteiger partial charge in [0.25, 0.3) is 11.5 Å². The highest BCUT2D eigenvalue weighted by molar-refractivity contribution is 7.12. The van der Waals surface area contributed by atoms with E-state index in [9.17, 15) is 9.59 Å². The van der Waals surface area contributed by atoms with Gasteiger partial charge in [-0.15, -0.1) is 11.3 Å². The van der Waals surface area contributed by atoms with Gasteiger partial charge in [0.05, 0.1) is 21.7 Å². The third-order valence-corrected chi connectivity index (χ3v) is 5.37. The third-order valence-electron chi connectivity index (χ3n) is 4.45. The molecule has 7 heteroatoms. The van der Waals surface area contributed by atoms with Crippen LogP contribution in [0.1, 0.15) is 28.7 Å². The van der Waals surface area contributed by atoms with Gasteiger partial charge in [-0.2, -0.15) is 14.9 Å². The fraction of sp³-hybridized carbons (Fsp3) is 0.0909. The normalized spacial score (nSPS) is 11.6. The second-order valence-corrected chi connectivity index (χ2v) is 7.22. The standard InChI is InChI=1S/C22H18N4O2S/c1-2-18(19-13-8-14-29-19)23-24-21(27)20-16-11-6-7-12-17(16)22(28)26(25-20)15-9-4-3-5-10-15/h3-14H,2H2,1H3,(H,24,27)/b23-18-. The fourth-order valence-electron chi connectivity index (χ4n) is 3.02. The summed E-state index contributed by atoms with van der Waals surface area (Å²) in [6.45, 7) is 1.98. The van der Waals surface area contributed by atoms with Gasteiger partial charge in [0.2, 0.25) is 0 Å². The molecule has 0 saturated heterocycles. The first-order valence-corrected chi connectivity index (χ1v) is 10.0. The molecular weight excluding hydrogens is 384 g/mol. The van der Waals surface area contributed by atoms with Crippen molar-refractivity contribution in [1.82, 2.24) is 15.2 Å². The largest absolute Gasteiger partial charge is 0.292 e. The van der Waals surface area contributed by atoms with E-state index in [0.29, 0.717) is 22.9 Å². The Kier molecular flexibility index (Phi) is 5.31. The van der Waals surface area contributed by atoms with Gasteiger partial charge in [-0.25, -0.2) is 5.43 Å². The molecule has 0 aliphatic rings. The van der Waals surface area contributed by atoms with Crippen LogP contribution >= 0.6 is 11.3 Å². The van der Waals surface area contributed by atoms with Crippen LogP contribution in [-0.2, 0) is 0 Å². The SMILES string of the molecule is CC/C(=N/NC(=O)c1nn(-c2ccccc2)c(=O)c2ccccc12)c1cccs1. The molecule has 1 N–H and O–H groups in total. The number of hydrogen-bond donors (Lipinski definition) is 1. The molecule has 0 atom stereocenters. The van der Waals surface area contributed by atoms with Gasteiger partial charge in [0.15, 0.2) is 5.69 Å². The number of benzene rings is 2. The number of nitrogens with zero attached hydrogens (tertiary/aromatic N) is 3. The molecule has 4 rings (SSSR count). The molecule has 0 fully saturated rings. The summed E-state index contributed by atoms with van der Waals surface area (Å²) >= 11 is 1.56. The molecule has 0 aliphatic carbocycles. The zero-order valence-electron chi connectivity index (χ0n) is 15.7. The minimum atomic E-state index is -0.464. The maximum atomic E-state index is 13.0. The highest BCUT2D eigenvalue weighted by Gasteiger charge is 2.17. The third kappa shape index (κ3) is 3.72. The van der Waals surface area contributed by atoms with Gasteiger partial charge in [-0.3, -0.25) is 9.59 Å². The second-order valence-electron chi connectivity index (χ2n) is 6.28. The van der Waals surface area contributed by atoms with Crippen molar-refractivity contribution in [3.63, 3.8) is 0 Å². The van der Waals surface area contributed by atoms with E-state index >= 15 is 0 Å². The highest BCUT2D eigenvalue weighted by atomic mass is 32.1. The number of aromatic nitrogens is 2. The molecular formula is C22H18N4O2S. The number of amides is 1. The van der Waals surface area contributed by atoms with Crippen LogP contribution in [0, 0.1) is 0 Å². The van der Waals surface area contributed by atoms with Crippen LogP contribution in [0.25, 0.3) is 16.5 Å². The molecule has 0 radical (unpaired) electrons. The predicted molar refractivity (Wildman–Crippen MR) is 116 cm³/mol. The van der Waals surface area contributed by atoms with Crippen LogP contribution in [-0.4, -0.2) is 21.4 Å². The van der Waals surface area contributed by atoms with Crippen molar-refractivity contribution in [2.45, 2.75) is 13.3 Å². The van der Waals surface area contributed by atoms with Gasteiger partial charge < -0.3 is 0 Å².